The lowest BCUT2D eigenvalue weighted by molar-refractivity contribution is -0.0000174. The Hall–Kier alpha value is 1.04. The summed E-state index contributed by atoms with van der Waals surface area (Å²) < 4.78 is 5.80. The number of rotatable bonds is 11. The number of unbranched alkanes of at least 4 members (excludes halogenated alkanes) is 3. The van der Waals surface area contributed by atoms with Crippen LogP contribution in [0.15, 0.2) is 0 Å². The van der Waals surface area contributed by atoms with Crippen molar-refractivity contribution < 1.29 is 28.7 Å². The van der Waals surface area contributed by atoms with Crippen LogP contribution in [-0.4, -0.2) is 30.0 Å². The zero-order chi connectivity index (χ0) is 13.8. The SMILES string of the molecule is CCCC[S+](CCC)CCCCCC1CCCCO1.[I-]. The third-order valence-corrected chi connectivity index (χ3v) is 6.73. The molecule has 0 spiro atoms. The molecule has 0 amide bonds. The van der Waals surface area contributed by atoms with E-state index >= 15 is 0 Å². The van der Waals surface area contributed by atoms with Crippen molar-refractivity contribution in [1.29, 1.82) is 0 Å². The second kappa shape index (κ2) is 15.0. The molecule has 0 N–H and O–H groups in total. The zero-order valence-corrected chi connectivity index (χ0v) is 16.6. The molecular weight excluding hydrogens is 379 g/mol. The third kappa shape index (κ3) is 10.7. The van der Waals surface area contributed by atoms with Gasteiger partial charge in [-0.3, -0.25) is 0 Å². The lowest BCUT2D eigenvalue weighted by Crippen LogP contribution is -3.00. The molecule has 1 aliphatic heterocycles. The number of hydrogen-bond acceptors (Lipinski definition) is 1. The number of ether oxygens (including phenoxy) is 1. The standard InChI is InChI=1S/C17H35OS.HI/c1-3-5-15-19(14-4-2)16-10-6-7-11-17-12-8-9-13-18-17;/h17H,3-16H2,1-2H3;1H/q+1;/p-1. The van der Waals surface area contributed by atoms with Crippen molar-refractivity contribution in [2.45, 2.75) is 84.2 Å². The van der Waals surface area contributed by atoms with Crippen LogP contribution in [0.3, 0.4) is 0 Å². The summed E-state index contributed by atoms with van der Waals surface area (Å²) >= 11 is 0. The van der Waals surface area contributed by atoms with Gasteiger partial charge in [0, 0.05) is 6.61 Å². The molecule has 1 rings (SSSR count). The maximum atomic E-state index is 5.80. The molecule has 0 aromatic carbocycles. The molecule has 1 saturated heterocycles. The summed E-state index contributed by atoms with van der Waals surface area (Å²) in [5.41, 5.74) is 0. The van der Waals surface area contributed by atoms with Gasteiger partial charge in [-0.05, 0) is 62.3 Å². The zero-order valence-electron chi connectivity index (χ0n) is 13.7. The molecular formula is C17H35IOS. The third-order valence-electron chi connectivity index (χ3n) is 4.01. The van der Waals surface area contributed by atoms with Gasteiger partial charge < -0.3 is 28.7 Å². The van der Waals surface area contributed by atoms with E-state index in [-0.39, 0.29) is 24.0 Å². The largest absolute Gasteiger partial charge is 1.00 e. The van der Waals surface area contributed by atoms with Crippen LogP contribution in [0.25, 0.3) is 0 Å². The molecule has 0 bridgehead atoms. The van der Waals surface area contributed by atoms with Crippen molar-refractivity contribution in [1.82, 2.24) is 0 Å². The summed E-state index contributed by atoms with van der Waals surface area (Å²) in [5.74, 6) is 4.47. The van der Waals surface area contributed by atoms with E-state index in [1.54, 1.807) is 0 Å². The van der Waals surface area contributed by atoms with Crippen molar-refractivity contribution in [3.63, 3.8) is 0 Å². The molecule has 0 aromatic heterocycles. The second-order valence-electron chi connectivity index (χ2n) is 5.92. The highest BCUT2D eigenvalue weighted by Crippen LogP contribution is 2.18. The van der Waals surface area contributed by atoms with E-state index in [4.69, 9.17) is 4.74 Å². The summed E-state index contributed by atoms with van der Waals surface area (Å²) in [6, 6.07) is 0. The number of hydrogen-bond donors (Lipinski definition) is 0. The monoisotopic (exact) mass is 414 g/mol. The Labute approximate surface area is 147 Å². The fraction of sp³-hybridized carbons (Fsp3) is 1.00. The highest BCUT2D eigenvalue weighted by molar-refractivity contribution is 7.96. The lowest BCUT2D eigenvalue weighted by Gasteiger charge is -2.22. The molecule has 3 heteroatoms. The second-order valence-corrected chi connectivity index (χ2v) is 8.37. The first-order valence-electron chi connectivity index (χ1n) is 8.62. The Kier molecular flexibility index (Phi) is 15.7. The maximum absolute atomic E-state index is 5.80. The first kappa shape index (κ1) is 21.0. The van der Waals surface area contributed by atoms with Gasteiger partial charge in [0.1, 0.15) is 17.3 Å². The van der Waals surface area contributed by atoms with Gasteiger partial charge in [-0.1, -0.05) is 26.7 Å². The molecule has 2 unspecified atom stereocenters. The van der Waals surface area contributed by atoms with Gasteiger partial charge in [-0.2, -0.15) is 0 Å². The van der Waals surface area contributed by atoms with Gasteiger partial charge in [0.05, 0.1) is 6.10 Å². The average molecular weight is 414 g/mol. The smallest absolute Gasteiger partial charge is 0.108 e. The van der Waals surface area contributed by atoms with E-state index < -0.39 is 0 Å². The molecule has 0 aromatic rings. The lowest BCUT2D eigenvalue weighted by atomic mass is 10.0. The van der Waals surface area contributed by atoms with Gasteiger partial charge in [0.25, 0.3) is 0 Å². The van der Waals surface area contributed by atoms with Crippen LogP contribution in [-0.2, 0) is 15.6 Å². The normalized spacial score (nSPS) is 20.4. The van der Waals surface area contributed by atoms with Crippen LogP contribution >= 0.6 is 0 Å². The molecule has 0 radical (unpaired) electrons. The Balaban J connectivity index is 0.00000361. The molecule has 20 heavy (non-hydrogen) atoms. The molecule has 0 aliphatic carbocycles. The first-order chi connectivity index (χ1) is 9.36. The first-order valence-corrected chi connectivity index (χ1v) is 10.4. The highest BCUT2D eigenvalue weighted by atomic mass is 127. The van der Waals surface area contributed by atoms with Crippen LogP contribution in [0.4, 0.5) is 0 Å². The summed E-state index contributed by atoms with van der Waals surface area (Å²) in [6.45, 7) is 5.67. The average Bonchev–Trinajstić information content (AvgIpc) is 2.45. The highest BCUT2D eigenvalue weighted by Gasteiger charge is 2.16. The van der Waals surface area contributed by atoms with Crippen LogP contribution in [0.5, 0.6) is 0 Å². The predicted octanol–water partition coefficient (Wildman–Crippen LogP) is 1.95. The quantitative estimate of drug-likeness (QED) is 0.285. The van der Waals surface area contributed by atoms with E-state index in [0.717, 1.165) is 17.5 Å². The van der Waals surface area contributed by atoms with Gasteiger partial charge >= 0.3 is 0 Å². The molecule has 1 aliphatic rings. The van der Waals surface area contributed by atoms with Crippen LogP contribution < -0.4 is 24.0 Å². The molecule has 1 nitrogen and oxygen atoms in total. The van der Waals surface area contributed by atoms with Crippen molar-refractivity contribution >= 4 is 10.9 Å². The van der Waals surface area contributed by atoms with Gasteiger partial charge in [0.15, 0.2) is 0 Å². The predicted molar refractivity (Wildman–Crippen MR) is 89.2 cm³/mol. The van der Waals surface area contributed by atoms with Crippen LogP contribution in [0, 0.1) is 0 Å². The minimum absolute atomic E-state index is 0. The minimum atomic E-state index is 0. The molecule has 122 valence electrons. The van der Waals surface area contributed by atoms with Gasteiger partial charge in [-0.15, -0.1) is 0 Å². The molecule has 1 heterocycles. The Morgan fingerprint density at radius 3 is 2.35 bits per heavy atom. The maximum Gasteiger partial charge on any atom is 0.108 e. The summed E-state index contributed by atoms with van der Waals surface area (Å²) in [4.78, 5) is 0. The van der Waals surface area contributed by atoms with Gasteiger partial charge in [-0.25, -0.2) is 0 Å². The summed E-state index contributed by atoms with van der Waals surface area (Å²) in [6.07, 6.45) is 14.4. The molecule has 1 fully saturated rings. The van der Waals surface area contributed by atoms with Crippen molar-refractivity contribution in [3.05, 3.63) is 0 Å². The summed E-state index contributed by atoms with van der Waals surface area (Å²) in [7, 11) is 0.736. The van der Waals surface area contributed by atoms with Crippen LogP contribution in [0.1, 0.15) is 78.1 Å². The topological polar surface area (TPSA) is 9.23 Å². The fourth-order valence-electron chi connectivity index (χ4n) is 2.83. The van der Waals surface area contributed by atoms with E-state index in [1.807, 2.05) is 0 Å². The molecule has 2 atom stereocenters. The van der Waals surface area contributed by atoms with E-state index in [0.29, 0.717) is 6.10 Å². The Bertz CT molecular complexity index is 195. The van der Waals surface area contributed by atoms with E-state index in [2.05, 4.69) is 13.8 Å². The van der Waals surface area contributed by atoms with E-state index in [1.165, 1.54) is 81.5 Å². The van der Waals surface area contributed by atoms with Gasteiger partial charge in [0.2, 0.25) is 0 Å². The molecule has 0 saturated carbocycles. The number of halogens is 1. The van der Waals surface area contributed by atoms with Crippen molar-refractivity contribution in [2.24, 2.45) is 0 Å². The fourth-order valence-corrected chi connectivity index (χ4v) is 5.33. The van der Waals surface area contributed by atoms with Crippen LogP contribution in [0.2, 0.25) is 0 Å². The van der Waals surface area contributed by atoms with Crippen molar-refractivity contribution in [3.8, 4) is 0 Å². The minimum Gasteiger partial charge on any atom is -1.00 e. The summed E-state index contributed by atoms with van der Waals surface area (Å²) in [5, 5.41) is 0. The Morgan fingerprint density at radius 1 is 0.900 bits per heavy atom. The Morgan fingerprint density at radius 2 is 1.70 bits per heavy atom. The van der Waals surface area contributed by atoms with Crippen molar-refractivity contribution in [2.75, 3.05) is 23.9 Å². The van der Waals surface area contributed by atoms with E-state index in [9.17, 15) is 0 Å².